The van der Waals surface area contributed by atoms with Gasteiger partial charge in [0.2, 0.25) is 0 Å². The standard InChI is InChI=1S/C28H25NO4S/c1-3-33-26-12-8-7-11-24(26)28(30)29-34(31,32)27-18-17-23(21-9-5-4-6-10-21)19-25(27)22-15-13-20(2)14-16-22/h4-19H,3H2,1-2H3,(H,29,30). The molecule has 5 nitrogen and oxygen atoms in total. The summed E-state index contributed by atoms with van der Waals surface area (Å²) in [5.74, 6) is -0.415. The third kappa shape index (κ3) is 5.02. The van der Waals surface area contributed by atoms with Crippen LogP contribution in [0.25, 0.3) is 22.3 Å². The smallest absolute Gasteiger partial charge is 0.268 e. The molecule has 0 fully saturated rings. The Labute approximate surface area is 200 Å². The molecular formula is C28H25NO4S. The van der Waals surface area contributed by atoms with Crippen LogP contribution in [0, 0.1) is 6.92 Å². The van der Waals surface area contributed by atoms with Gasteiger partial charge in [0.05, 0.1) is 17.1 Å². The zero-order valence-electron chi connectivity index (χ0n) is 19.0. The van der Waals surface area contributed by atoms with Crippen LogP contribution in [-0.4, -0.2) is 20.9 Å². The van der Waals surface area contributed by atoms with Crippen molar-refractivity contribution in [1.29, 1.82) is 0 Å². The Kier molecular flexibility index (Phi) is 6.80. The van der Waals surface area contributed by atoms with Crippen molar-refractivity contribution >= 4 is 15.9 Å². The van der Waals surface area contributed by atoms with Crippen molar-refractivity contribution in [2.45, 2.75) is 18.7 Å². The van der Waals surface area contributed by atoms with Crippen molar-refractivity contribution in [1.82, 2.24) is 4.72 Å². The van der Waals surface area contributed by atoms with Gasteiger partial charge < -0.3 is 4.74 Å². The van der Waals surface area contributed by atoms with Gasteiger partial charge in [0.15, 0.2) is 0 Å². The summed E-state index contributed by atoms with van der Waals surface area (Å²) < 4.78 is 34.6. The first-order valence-electron chi connectivity index (χ1n) is 10.9. The molecule has 0 unspecified atom stereocenters. The van der Waals surface area contributed by atoms with E-state index in [1.807, 2.05) is 67.6 Å². The highest BCUT2D eigenvalue weighted by molar-refractivity contribution is 7.90. The van der Waals surface area contributed by atoms with E-state index in [9.17, 15) is 13.2 Å². The van der Waals surface area contributed by atoms with Gasteiger partial charge in [0, 0.05) is 5.56 Å². The summed E-state index contributed by atoms with van der Waals surface area (Å²) >= 11 is 0. The second-order valence-electron chi connectivity index (χ2n) is 7.81. The van der Waals surface area contributed by atoms with E-state index in [1.54, 1.807) is 37.3 Å². The maximum absolute atomic E-state index is 13.4. The van der Waals surface area contributed by atoms with Crippen LogP contribution in [0.2, 0.25) is 0 Å². The van der Waals surface area contributed by atoms with E-state index in [2.05, 4.69) is 4.72 Å². The summed E-state index contributed by atoms with van der Waals surface area (Å²) in [6.07, 6.45) is 0. The fourth-order valence-electron chi connectivity index (χ4n) is 3.70. The number of sulfonamides is 1. The Hall–Kier alpha value is -3.90. The monoisotopic (exact) mass is 471 g/mol. The third-order valence-electron chi connectivity index (χ3n) is 5.40. The van der Waals surface area contributed by atoms with E-state index in [4.69, 9.17) is 4.74 Å². The summed E-state index contributed by atoms with van der Waals surface area (Å²) in [4.78, 5) is 13.0. The Morgan fingerprint density at radius 1 is 0.794 bits per heavy atom. The average molecular weight is 472 g/mol. The Bertz CT molecular complexity index is 1410. The first kappa shape index (κ1) is 23.3. The van der Waals surface area contributed by atoms with Crippen molar-refractivity contribution in [2.24, 2.45) is 0 Å². The van der Waals surface area contributed by atoms with Crippen LogP contribution in [0.1, 0.15) is 22.8 Å². The molecule has 0 aliphatic heterocycles. The van der Waals surface area contributed by atoms with Crippen LogP contribution in [0.15, 0.2) is 102 Å². The molecule has 6 heteroatoms. The van der Waals surface area contributed by atoms with Crippen molar-refractivity contribution in [3.8, 4) is 28.0 Å². The fraction of sp³-hybridized carbons (Fsp3) is 0.107. The highest BCUT2D eigenvalue weighted by Crippen LogP contribution is 2.33. The number of nitrogens with one attached hydrogen (secondary N) is 1. The van der Waals surface area contributed by atoms with Gasteiger partial charge in [0.25, 0.3) is 15.9 Å². The van der Waals surface area contributed by atoms with Gasteiger partial charge in [-0.1, -0.05) is 78.4 Å². The van der Waals surface area contributed by atoms with E-state index >= 15 is 0 Å². The minimum absolute atomic E-state index is 0.0262. The number of benzene rings is 4. The van der Waals surface area contributed by atoms with Crippen LogP contribution in [0.4, 0.5) is 0 Å². The zero-order chi connectivity index (χ0) is 24.1. The molecule has 0 saturated heterocycles. The highest BCUT2D eigenvalue weighted by Gasteiger charge is 2.24. The number of ether oxygens (including phenoxy) is 1. The van der Waals surface area contributed by atoms with Crippen molar-refractivity contribution in [3.05, 3.63) is 108 Å². The number of hydrogen-bond acceptors (Lipinski definition) is 4. The van der Waals surface area contributed by atoms with E-state index in [0.29, 0.717) is 17.9 Å². The Morgan fingerprint density at radius 3 is 2.15 bits per heavy atom. The van der Waals surface area contributed by atoms with Gasteiger partial charge >= 0.3 is 0 Å². The average Bonchev–Trinajstić information content (AvgIpc) is 2.85. The first-order valence-corrected chi connectivity index (χ1v) is 12.4. The lowest BCUT2D eigenvalue weighted by molar-refractivity contribution is 0.0977. The Balaban J connectivity index is 1.78. The number of carbonyl (C=O) groups is 1. The van der Waals surface area contributed by atoms with E-state index < -0.39 is 15.9 Å². The summed E-state index contributed by atoms with van der Waals surface area (Å²) in [6, 6.07) is 29.0. The molecular weight excluding hydrogens is 446 g/mol. The van der Waals surface area contributed by atoms with Gasteiger partial charge in [-0.2, -0.15) is 0 Å². The van der Waals surface area contributed by atoms with Gasteiger partial charge in [-0.3, -0.25) is 4.79 Å². The second-order valence-corrected chi connectivity index (χ2v) is 9.46. The summed E-state index contributed by atoms with van der Waals surface area (Å²) in [5.41, 5.74) is 4.32. The number of hydrogen-bond donors (Lipinski definition) is 1. The lowest BCUT2D eigenvalue weighted by atomic mass is 9.98. The molecule has 1 N–H and O–H groups in total. The van der Waals surface area contributed by atoms with E-state index in [1.165, 1.54) is 6.07 Å². The molecule has 0 radical (unpaired) electrons. The molecule has 4 aromatic rings. The van der Waals surface area contributed by atoms with Crippen molar-refractivity contribution in [2.75, 3.05) is 6.61 Å². The number of para-hydroxylation sites is 1. The second kappa shape index (κ2) is 9.93. The lowest BCUT2D eigenvalue weighted by Crippen LogP contribution is -2.31. The van der Waals surface area contributed by atoms with Crippen molar-refractivity contribution in [3.63, 3.8) is 0 Å². The normalized spacial score (nSPS) is 11.1. The molecule has 172 valence electrons. The molecule has 0 aromatic heterocycles. The van der Waals surface area contributed by atoms with Crippen LogP contribution in [-0.2, 0) is 10.0 Å². The molecule has 0 saturated carbocycles. The van der Waals surface area contributed by atoms with Crippen LogP contribution >= 0.6 is 0 Å². The maximum Gasteiger partial charge on any atom is 0.268 e. The van der Waals surface area contributed by atoms with E-state index in [0.717, 1.165) is 22.3 Å². The molecule has 4 aromatic carbocycles. The fourth-order valence-corrected chi connectivity index (χ4v) is 4.88. The summed E-state index contributed by atoms with van der Waals surface area (Å²) in [7, 11) is -4.18. The molecule has 4 rings (SSSR count). The molecule has 0 spiro atoms. The molecule has 1 amide bonds. The predicted octanol–water partition coefficient (Wildman–Crippen LogP) is 5.85. The number of amides is 1. The first-order chi connectivity index (χ1) is 16.4. The van der Waals surface area contributed by atoms with Gasteiger partial charge in [-0.25, -0.2) is 13.1 Å². The number of rotatable bonds is 7. The molecule has 0 atom stereocenters. The number of carbonyl (C=O) groups excluding carboxylic acids is 1. The summed E-state index contributed by atoms with van der Waals surface area (Å²) in [6.45, 7) is 4.13. The largest absolute Gasteiger partial charge is 0.493 e. The predicted molar refractivity (Wildman–Crippen MR) is 134 cm³/mol. The minimum atomic E-state index is -4.18. The molecule has 0 heterocycles. The number of aryl methyl sites for hydroxylation is 1. The lowest BCUT2D eigenvalue weighted by Gasteiger charge is -2.15. The summed E-state index contributed by atoms with van der Waals surface area (Å²) in [5, 5.41) is 0. The van der Waals surface area contributed by atoms with Gasteiger partial charge in [-0.05, 0) is 54.8 Å². The third-order valence-corrected chi connectivity index (χ3v) is 6.79. The van der Waals surface area contributed by atoms with Crippen LogP contribution < -0.4 is 9.46 Å². The molecule has 0 bridgehead atoms. The van der Waals surface area contributed by atoms with Crippen LogP contribution in [0.5, 0.6) is 5.75 Å². The molecule has 0 aliphatic carbocycles. The van der Waals surface area contributed by atoms with Crippen LogP contribution in [0.3, 0.4) is 0 Å². The van der Waals surface area contributed by atoms with Gasteiger partial charge in [0.1, 0.15) is 5.75 Å². The molecule has 0 aliphatic rings. The van der Waals surface area contributed by atoms with Crippen molar-refractivity contribution < 1.29 is 17.9 Å². The quantitative estimate of drug-likeness (QED) is 0.367. The van der Waals surface area contributed by atoms with E-state index in [-0.39, 0.29) is 10.5 Å². The SMILES string of the molecule is CCOc1ccccc1C(=O)NS(=O)(=O)c1ccc(-c2ccccc2)cc1-c1ccc(C)cc1. The maximum atomic E-state index is 13.4. The Morgan fingerprint density at radius 2 is 1.44 bits per heavy atom. The molecule has 34 heavy (non-hydrogen) atoms. The topological polar surface area (TPSA) is 72.5 Å². The minimum Gasteiger partial charge on any atom is -0.493 e. The zero-order valence-corrected chi connectivity index (χ0v) is 19.8. The highest BCUT2D eigenvalue weighted by atomic mass is 32.2. The van der Waals surface area contributed by atoms with Gasteiger partial charge in [-0.15, -0.1) is 0 Å².